The minimum atomic E-state index is 0. The summed E-state index contributed by atoms with van der Waals surface area (Å²) in [6.07, 6.45) is 3.83. The van der Waals surface area contributed by atoms with Gasteiger partial charge in [0.05, 0.1) is 6.54 Å². The minimum Gasteiger partial charge on any atom is -1.00 e. The Bertz CT molecular complexity index is 736. The molecule has 0 bridgehead atoms. The van der Waals surface area contributed by atoms with E-state index >= 15 is 0 Å². The van der Waals surface area contributed by atoms with Gasteiger partial charge in [-0.25, -0.2) is 4.57 Å². The SMILES string of the molecule is Cc1ccc(Cn2c[n+](Cc3ccccc3Cl)cn2)cc1.[Cl-]. The van der Waals surface area contributed by atoms with Gasteiger partial charge in [0.25, 0.3) is 6.33 Å². The van der Waals surface area contributed by atoms with Crippen molar-refractivity contribution >= 4 is 11.6 Å². The lowest BCUT2D eigenvalue weighted by Crippen LogP contribution is -3.00. The van der Waals surface area contributed by atoms with Gasteiger partial charge in [-0.2, -0.15) is 0 Å². The van der Waals surface area contributed by atoms with Gasteiger partial charge < -0.3 is 12.4 Å². The molecule has 0 saturated heterocycles. The van der Waals surface area contributed by atoms with Gasteiger partial charge in [0.1, 0.15) is 6.54 Å². The van der Waals surface area contributed by atoms with Crippen molar-refractivity contribution in [3.63, 3.8) is 0 Å². The lowest BCUT2D eigenvalue weighted by Gasteiger charge is -2.00. The van der Waals surface area contributed by atoms with Crippen molar-refractivity contribution in [1.82, 2.24) is 9.78 Å². The molecule has 0 N–H and O–H groups in total. The fraction of sp³-hybridized carbons (Fsp3) is 0.176. The normalized spacial score (nSPS) is 10.3. The average molecular weight is 334 g/mol. The number of hydrogen-bond donors (Lipinski definition) is 0. The third-order valence-electron chi connectivity index (χ3n) is 3.41. The van der Waals surface area contributed by atoms with Gasteiger partial charge in [0.15, 0.2) is 0 Å². The van der Waals surface area contributed by atoms with E-state index in [0.717, 1.165) is 23.7 Å². The predicted octanol–water partition coefficient (Wildman–Crippen LogP) is 0.233. The Hall–Kier alpha value is -1.84. The van der Waals surface area contributed by atoms with Gasteiger partial charge in [-0.3, -0.25) is 0 Å². The lowest BCUT2D eigenvalue weighted by atomic mass is 10.1. The summed E-state index contributed by atoms with van der Waals surface area (Å²) in [5.74, 6) is 0. The molecule has 0 aliphatic carbocycles. The van der Waals surface area contributed by atoms with Crippen LogP contribution in [0.1, 0.15) is 16.7 Å². The minimum absolute atomic E-state index is 0. The van der Waals surface area contributed by atoms with Crippen molar-refractivity contribution in [2.75, 3.05) is 0 Å². The highest BCUT2D eigenvalue weighted by Gasteiger charge is 2.08. The maximum Gasteiger partial charge on any atom is 0.265 e. The standard InChI is InChI=1S/C17H17ClN3.ClH/c1-14-6-8-15(9-7-14)10-21-13-20(12-19-21)11-16-4-2-3-5-17(16)18;/h2-9,12-13H,10-11H2,1H3;1H/q+1;/p-1. The zero-order valence-electron chi connectivity index (χ0n) is 12.3. The predicted molar refractivity (Wildman–Crippen MR) is 83.3 cm³/mol. The van der Waals surface area contributed by atoms with Crippen molar-refractivity contribution < 1.29 is 17.0 Å². The summed E-state index contributed by atoms with van der Waals surface area (Å²) in [5, 5.41) is 5.18. The Labute approximate surface area is 141 Å². The fourth-order valence-electron chi connectivity index (χ4n) is 2.23. The summed E-state index contributed by atoms with van der Waals surface area (Å²) in [6, 6.07) is 16.4. The Kier molecular flexibility index (Phi) is 5.58. The number of rotatable bonds is 4. The number of nitrogens with zero attached hydrogens (tertiary/aromatic N) is 3. The topological polar surface area (TPSA) is 21.7 Å². The summed E-state index contributed by atoms with van der Waals surface area (Å²) in [4.78, 5) is 0. The van der Waals surface area contributed by atoms with Crippen LogP contribution in [0.15, 0.2) is 61.2 Å². The first-order valence-corrected chi connectivity index (χ1v) is 7.29. The van der Waals surface area contributed by atoms with Crippen molar-refractivity contribution in [3.05, 3.63) is 82.9 Å². The van der Waals surface area contributed by atoms with Crippen LogP contribution in [0.5, 0.6) is 0 Å². The first-order valence-electron chi connectivity index (χ1n) is 6.91. The van der Waals surface area contributed by atoms with Crippen molar-refractivity contribution in [3.8, 4) is 0 Å². The summed E-state index contributed by atoms with van der Waals surface area (Å²) in [6.45, 7) is 3.60. The van der Waals surface area contributed by atoms with Crippen LogP contribution in [0.2, 0.25) is 5.02 Å². The van der Waals surface area contributed by atoms with E-state index in [1.165, 1.54) is 11.1 Å². The highest BCUT2D eigenvalue weighted by molar-refractivity contribution is 6.31. The Balaban J connectivity index is 0.00000176. The second-order valence-electron chi connectivity index (χ2n) is 5.19. The molecule has 3 nitrogen and oxygen atoms in total. The zero-order chi connectivity index (χ0) is 14.7. The smallest absolute Gasteiger partial charge is 0.265 e. The highest BCUT2D eigenvalue weighted by atomic mass is 35.5. The van der Waals surface area contributed by atoms with E-state index in [1.807, 2.05) is 46.2 Å². The molecule has 0 aliphatic rings. The van der Waals surface area contributed by atoms with Crippen LogP contribution in [0.25, 0.3) is 0 Å². The van der Waals surface area contributed by atoms with E-state index in [4.69, 9.17) is 11.6 Å². The first-order chi connectivity index (χ1) is 10.2. The monoisotopic (exact) mass is 333 g/mol. The van der Waals surface area contributed by atoms with Gasteiger partial charge >= 0.3 is 0 Å². The molecular weight excluding hydrogens is 317 g/mol. The van der Waals surface area contributed by atoms with E-state index < -0.39 is 0 Å². The molecule has 2 aromatic carbocycles. The molecule has 0 saturated carbocycles. The van der Waals surface area contributed by atoms with Gasteiger partial charge in [-0.05, 0) is 18.6 Å². The average Bonchev–Trinajstić information content (AvgIpc) is 2.91. The van der Waals surface area contributed by atoms with E-state index in [0.29, 0.717) is 0 Å². The Morgan fingerprint density at radius 2 is 1.82 bits per heavy atom. The molecule has 22 heavy (non-hydrogen) atoms. The molecule has 0 amide bonds. The second kappa shape index (κ2) is 7.43. The maximum atomic E-state index is 6.18. The quantitative estimate of drug-likeness (QED) is 0.626. The first kappa shape index (κ1) is 16.5. The summed E-state index contributed by atoms with van der Waals surface area (Å²) < 4.78 is 3.97. The number of halogens is 2. The molecular formula is C17H17Cl2N3. The van der Waals surface area contributed by atoms with Gasteiger partial charge in [0.2, 0.25) is 6.33 Å². The summed E-state index contributed by atoms with van der Waals surface area (Å²) in [7, 11) is 0. The molecule has 0 atom stereocenters. The van der Waals surface area contributed by atoms with Gasteiger partial charge in [-0.15, -0.1) is 4.68 Å². The molecule has 0 fully saturated rings. The lowest BCUT2D eigenvalue weighted by molar-refractivity contribution is -0.689. The summed E-state index contributed by atoms with van der Waals surface area (Å²) in [5.41, 5.74) is 3.61. The Morgan fingerprint density at radius 3 is 2.55 bits per heavy atom. The molecule has 0 radical (unpaired) electrons. The molecule has 0 aliphatic heterocycles. The maximum absolute atomic E-state index is 6.18. The molecule has 5 heteroatoms. The van der Waals surface area contributed by atoms with Crippen LogP contribution < -0.4 is 17.0 Å². The van der Waals surface area contributed by atoms with Crippen LogP contribution in [-0.4, -0.2) is 9.78 Å². The van der Waals surface area contributed by atoms with Crippen LogP contribution in [0, 0.1) is 6.92 Å². The van der Waals surface area contributed by atoms with Crippen LogP contribution in [0.3, 0.4) is 0 Å². The number of aryl methyl sites for hydroxylation is 1. The van der Waals surface area contributed by atoms with Gasteiger partial charge in [0, 0.05) is 15.7 Å². The highest BCUT2D eigenvalue weighted by Crippen LogP contribution is 2.14. The van der Waals surface area contributed by atoms with E-state index in [-0.39, 0.29) is 12.4 Å². The summed E-state index contributed by atoms with van der Waals surface area (Å²) >= 11 is 6.18. The molecule has 1 aromatic heterocycles. The molecule has 3 aromatic rings. The van der Waals surface area contributed by atoms with E-state index in [1.54, 1.807) is 0 Å². The van der Waals surface area contributed by atoms with Crippen molar-refractivity contribution in [2.24, 2.45) is 0 Å². The van der Waals surface area contributed by atoms with Crippen LogP contribution >= 0.6 is 11.6 Å². The van der Waals surface area contributed by atoms with Crippen molar-refractivity contribution in [1.29, 1.82) is 0 Å². The molecule has 3 rings (SSSR count). The molecule has 0 unspecified atom stereocenters. The number of hydrogen-bond acceptors (Lipinski definition) is 1. The van der Waals surface area contributed by atoms with Gasteiger partial charge in [-0.1, -0.05) is 59.6 Å². The van der Waals surface area contributed by atoms with E-state index in [9.17, 15) is 0 Å². The fourth-order valence-corrected chi connectivity index (χ4v) is 2.43. The molecule has 0 spiro atoms. The Morgan fingerprint density at radius 1 is 1.09 bits per heavy atom. The van der Waals surface area contributed by atoms with Crippen molar-refractivity contribution in [2.45, 2.75) is 20.0 Å². The number of aromatic nitrogens is 3. The molecule has 1 heterocycles. The largest absolute Gasteiger partial charge is 1.00 e. The van der Waals surface area contributed by atoms with Crippen LogP contribution in [0.4, 0.5) is 0 Å². The number of benzene rings is 2. The van der Waals surface area contributed by atoms with E-state index in [2.05, 4.69) is 36.3 Å². The third kappa shape index (κ3) is 4.09. The second-order valence-corrected chi connectivity index (χ2v) is 5.60. The third-order valence-corrected chi connectivity index (χ3v) is 3.77. The zero-order valence-corrected chi connectivity index (χ0v) is 13.8. The molecule has 114 valence electrons. The van der Waals surface area contributed by atoms with Crippen LogP contribution in [-0.2, 0) is 13.1 Å².